The van der Waals surface area contributed by atoms with Gasteiger partial charge in [-0.05, 0) is 44.2 Å². The summed E-state index contributed by atoms with van der Waals surface area (Å²) in [5.41, 5.74) is 0. The van der Waals surface area contributed by atoms with E-state index in [0.717, 1.165) is 17.9 Å². The second-order valence-electron chi connectivity index (χ2n) is 5.24. The Balaban J connectivity index is 1.64. The summed E-state index contributed by atoms with van der Waals surface area (Å²) in [5.74, 6) is 1.93. The summed E-state index contributed by atoms with van der Waals surface area (Å²) in [6.45, 7) is 6.06. The fourth-order valence-electron chi connectivity index (χ4n) is 2.91. The van der Waals surface area contributed by atoms with Crippen LogP contribution in [-0.2, 0) is 0 Å². The van der Waals surface area contributed by atoms with Crippen LogP contribution < -0.4 is 10.6 Å². The van der Waals surface area contributed by atoms with Gasteiger partial charge in [-0.1, -0.05) is 19.8 Å². The van der Waals surface area contributed by atoms with E-state index in [1.807, 2.05) is 0 Å². The Morgan fingerprint density at radius 2 is 2.21 bits per heavy atom. The molecule has 0 spiro atoms. The van der Waals surface area contributed by atoms with E-state index in [-0.39, 0.29) is 0 Å². The minimum absolute atomic E-state index is 0.757. The molecule has 0 bridgehead atoms. The van der Waals surface area contributed by atoms with Crippen LogP contribution in [0.3, 0.4) is 0 Å². The molecule has 0 aromatic carbocycles. The van der Waals surface area contributed by atoms with Gasteiger partial charge in [0.05, 0.1) is 0 Å². The monoisotopic (exact) mass is 196 g/mol. The van der Waals surface area contributed by atoms with Crippen LogP contribution in [0.15, 0.2) is 0 Å². The third-order valence-electron chi connectivity index (χ3n) is 3.80. The molecule has 1 aliphatic carbocycles. The standard InChI is InChI=1S/C12H24N2/c1-10-3-2-4-11(7-10)8-14-12-5-6-13-9-12/h10-14H,2-9H2,1H3/t10?,11?,12-/m0/s1. The van der Waals surface area contributed by atoms with Crippen molar-refractivity contribution in [3.8, 4) is 0 Å². The van der Waals surface area contributed by atoms with Gasteiger partial charge in [0, 0.05) is 12.6 Å². The Hall–Kier alpha value is -0.0800. The molecular formula is C12H24N2. The van der Waals surface area contributed by atoms with Gasteiger partial charge >= 0.3 is 0 Å². The van der Waals surface area contributed by atoms with E-state index in [2.05, 4.69) is 17.6 Å². The highest BCUT2D eigenvalue weighted by atomic mass is 15.0. The molecule has 1 saturated carbocycles. The van der Waals surface area contributed by atoms with Crippen LogP contribution in [0.2, 0.25) is 0 Å². The predicted octanol–water partition coefficient (Wildman–Crippen LogP) is 1.76. The Bertz CT molecular complexity index is 164. The Morgan fingerprint density at radius 1 is 1.29 bits per heavy atom. The molecule has 3 atom stereocenters. The second-order valence-corrected chi connectivity index (χ2v) is 5.24. The third kappa shape index (κ3) is 2.96. The zero-order valence-corrected chi connectivity index (χ0v) is 9.39. The van der Waals surface area contributed by atoms with E-state index in [1.165, 1.54) is 51.7 Å². The largest absolute Gasteiger partial charge is 0.315 e. The highest BCUT2D eigenvalue weighted by Gasteiger charge is 2.20. The summed E-state index contributed by atoms with van der Waals surface area (Å²) in [4.78, 5) is 0. The first-order chi connectivity index (χ1) is 6.84. The van der Waals surface area contributed by atoms with Crippen molar-refractivity contribution in [3.05, 3.63) is 0 Å². The van der Waals surface area contributed by atoms with E-state index >= 15 is 0 Å². The van der Waals surface area contributed by atoms with Crippen molar-refractivity contribution < 1.29 is 0 Å². The summed E-state index contributed by atoms with van der Waals surface area (Å²) < 4.78 is 0. The van der Waals surface area contributed by atoms with Gasteiger partial charge in [0.1, 0.15) is 0 Å². The van der Waals surface area contributed by atoms with Gasteiger partial charge in [-0.3, -0.25) is 0 Å². The molecule has 2 heteroatoms. The molecule has 0 radical (unpaired) electrons. The van der Waals surface area contributed by atoms with Crippen LogP contribution in [0.5, 0.6) is 0 Å². The van der Waals surface area contributed by atoms with Crippen molar-refractivity contribution in [1.29, 1.82) is 0 Å². The lowest BCUT2D eigenvalue weighted by Gasteiger charge is -2.27. The Kier molecular flexibility index (Phi) is 3.82. The van der Waals surface area contributed by atoms with Gasteiger partial charge in [-0.15, -0.1) is 0 Å². The molecule has 1 aliphatic heterocycles. The van der Waals surface area contributed by atoms with E-state index < -0.39 is 0 Å². The maximum atomic E-state index is 3.71. The van der Waals surface area contributed by atoms with Crippen molar-refractivity contribution >= 4 is 0 Å². The lowest BCUT2D eigenvalue weighted by atomic mass is 9.82. The molecule has 82 valence electrons. The van der Waals surface area contributed by atoms with Gasteiger partial charge in [-0.2, -0.15) is 0 Å². The molecule has 2 unspecified atom stereocenters. The molecule has 2 aliphatic rings. The zero-order chi connectivity index (χ0) is 9.80. The first-order valence-electron chi connectivity index (χ1n) is 6.28. The molecule has 2 fully saturated rings. The van der Waals surface area contributed by atoms with Crippen molar-refractivity contribution in [3.63, 3.8) is 0 Å². The zero-order valence-electron chi connectivity index (χ0n) is 9.39. The molecule has 0 aromatic heterocycles. The third-order valence-corrected chi connectivity index (χ3v) is 3.80. The van der Waals surface area contributed by atoms with Crippen molar-refractivity contribution in [2.75, 3.05) is 19.6 Å². The van der Waals surface area contributed by atoms with Crippen LogP contribution in [0.1, 0.15) is 39.0 Å². The number of rotatable bonds is 3. The number of nitrogens with one attached hydrogen (secondary N) is 2. The van der Waals surface area contributed by atoms with Crippen LogP contribution in [0, 0.1) is 11.8 Å². The fraction of sp³-hybridized carbons (Fsp3) is 1.00. The smallest absolute Gasteiger partial charge is 0.0204 e. The van der Waals surface area contributed by atoms with E-state index in [9.17, 15) is 0 Å². The molecule has 14 heavy (non-hydrogen) atoms. The second kappa shape index (κ2) is 5.13. The highest BCUT2D eigenvalue weighted by Crippen LogP contribution is 2.28. The van der Waals surface area contributed by atoms with E-state index in [4.69, 9.17) is 0 Å². The van der Waals surface area contributed by atoms with Gasteiger partial charge in [0.2, 0.25) is 0 Å². The summed E-state index contributed by atoms with van der Waals surface area (Å²) >= 11 is 0. The molecular weight excluding hydrogens is 172 g/mol. The van der Waals surface area contributed by atoms with Crippen molar-refractivity contribution in [2.24, 2.45) is 11.8 Å². The summed E-state index contributed by atoms with van der Waals surface area (Å²) in [6.07, 6.45) is 7.14. The predicted molar refractivity (Wildman–Crippen MR) is 60.4 cm³/mol. The van der Waals surface area contributed by atoms with Crippen molar-refractivity contribution in [2.45, 2.75) is 45.1 Å². The molecule has 2 rings (SSSR count). The van der Waals surface area contributed by atoms with Gasteiger partial charge in [-0.25, -0.2) is 0 Å². The average molecular weight is 196 g/mol. The molecule has 0 aromatic rings. The van der Waals surface area contributed by atoms with Crippen LogP contribution >= 0.6 is 0 Å². The van der Waals surface area contributed by atoms with Crippen molar-refractivity contribution in [1.82, 2.24) is 10.6 Å². The first-order valence-corrected chi connectivity index (χ1v) is 6.28. The molecule has 0 amide bonds. The summed E-state index contributed by atoms with van der Waals surface area (Å²) in [5, 5.41) is 7.12. The van der Waals surface area contributed by atoms with Crippen LogP contribution in [0.4, 0.5) is 0 Å². The van der Waals surface area contributed by atoms with Gasteiger partial charge in [0.25, 0.3) is 0 Å². The lowest BCUT2D eigenvalue weighted by Crippen LogP contribution is -2.36. The first kappa shape index (κ1) is 10.4. The van der Waals surface area contributed by atoms with Crippen LogP contribution in [0.25, 0.3) is 0 Å². The molecule has 2 N–H and O–H groups in total. The molecule has 1 heterocycles. The number of hydrogen-bond donors (Lipinski definition) is 2. The van der Waals surface area contributed by atoms with E-state index in [1.54, 1.807) is 0 Å². The maximum Gasteiger partial charge on any atom is 0.0204 e. The summed E-state index contributed by atoms with van der Waals surface area (Å²) in [7, 11) is 0. The molecule has 1 saturated heterocycles. The normalized spacial score (nSPS) is 38.8. The van der Waals surface area contributed by atoms with E-state index in [0.29, 0.717) is 0 Å². The van der Waals surface area contributed by atoms with Crippen LogP contribution in [-0.4, -0.2) is 25.7 Å². The topological polar surface area (TPSA) is 24.1 Å². The summed E-state index contributed by atoms with van der Waals surface area (Å²) in [6, 6.07) is 0.757. The average Bonchev–Trinajstić information content (AvgIpc) is 2.67. The minimum atomic E-state index is 0.757. The Labute approximate surface area is 87.8 Å². The quantitative estimate of drug-likeness (QED) is 0.719. The van der Waals surface area contributed by atoms with Gasteiger partial charge in [0.15, 0.2) is 0 Å². The Morgan fingerprint density at radius 3 is 2.93 bits per heavy atom. The minimum Gasteiger partial charge on any atom is -0.315 e. The SMILES string of the molecule is CC1CCCC(CN[C@H]2CCNC2)C1. The van der Waals surface area contributed by atoms with Gasteiger partial charge < -0.3 is 10.6 Å². The maximum absolute atomic E-state index is 3.71. The highest BCUT2D eigenvalue weighted by molar-refractivity contribution is 4.80. The fourth-order valence-corrected chi connectivity index (χ4v) is 2.91. The molecule has 2 nitrogen and oxygen atoms in total. The number of hydrogen-bond acceptors (Lipinski definition) is 2. The lowest BCUT2D eigenvalue weighted by molar-refractivity contribution is 0.268.